The number of para-hydroxylation sites is 2. The Kier molecular flexibility index (Phi) is 5.35. The molecule has 4 aromatic rings. The molecule has 0 saturated heterocycles. The average Bonchev–Trinajstić information content (AvgIpc) is 3.11. The topological polar surface area (TPSA) is 62.2 Å². The molecule has 4 rings (SSSR count). The van der Waals surface area contributed by atoms with Crippen molar-refractivity contribution in [1.82, 2.24) is 4.98 Å². The number of aryl methyl sites for hydroxylation is 1. The predicted octanol–water partition coefficient (Wildman–Crippen LogP) is 5.16. The highest BCUT2D eigenvalue weighted by Crippen LogP contribution is 2.24. The van der Waals surface area contributed by atoms with Crippen LogP contribution in [-0.4, -0.2) is 16.0 Å². The van der Waals surface area contributed by atoms with E-state index in [1.54, 1.807) is 23.5 Å². The molecule has 4 nitrogen and oxygen atoms in total. The van der Waals surface area contributed by atoms with Crippen molar-refractivity contribution >= 4 is 33.1 Å². The number of phenolic OH excluding ortho intramolecular Hbond substituents is 1. The van der Waals surface area contributed by atoms with Gasteiger partial charge >= 0.3 is 0 Å². The monoisotopic (exact) mass is 388 g/mol. The van der Waals surface area contributed by atoms with Crippen LogP contribution in [0.5, 0.6) is 5.75 Å². The zero-order chi connectivity index (χ0) is 19.3. The van der Waals surface area contributed by atoms with Crippen molar-refractivity contribution in [3.63, 3.8) is 0 Å². The van der Waals surface area contributed by atoms with Gasteiger partial charge in [-0.15, -0.1) is 11.3 Å². The van der Waals surface area contributed by atoms with Gasteiger partial charge in [-0.25, -0.2) is 4.98 Å². The van der Waals surface area contributed by atoms with E-state index in [0.717, 1.165) is 33.8 Å². The molecule has 140 valence electrons. The number of rotatable bonds is 6. The smallest absolute Gasteiger partial charge is 0.224 e. The second-order valence-electron chi connectivity index (χ2n) is 6.63. The Morgan fingerprint density at radius 2 is 1.71 bits per heavy atom. The van der Waals surface area contributed by atoms with Crippen LogP contribution >= 0.6 is 11.3 Å². The number of amides is 1. The number of carbonyl (C=O) groups is 1. The summed E-state index contributed by atoms with van der Waals surface area (Å²) >= 11 is 1.71. The number of nitrogens with one attached hydrogen (secondary N) is 1. The minimum Gasteiger partial charge on any atom is -0.508 e. The molecule has 3 aromatic carbocycles. The molecule has 0 aliphatic heterocycles. The van der Waals surface area contributed by atoms with Crippen molar-refractivity contribution in [3.05, 3.63) is 88.9 Å². The van der Waals surface area contributed by atoms with Crippen molar-refractivity contribution in [3.8, 4) is 5.75 Å². The summed E-state index contributed by atoms with van der Waals surface area (Å²) in [5.74, 6) is 0.164. The average molecular weight is 388 g/mol. The van der Waals surface area contributed by atoms with Crippen LogP contribution in [0.3, 0.4) is 0 Å². The normalized spacial score (nSPS) is 10.9. The van der Waals surface area contributed by atoms with Gasteiger partial charge in [0.25, 0.3) is 0 Å². The van der Waals surface area contributed by atoms with E-state index in [9.17, 15) is 9.90 Å². The summed E-state index contributed by atoms with van der Waals surface area (Å²) < 4.78 is 1.20. The van der Waals surface area contributed by atoms with Crippen LogP contribution in [0.25, 0.3) is 10.2 Å². The number of aromatic hydroxyl groups is 1. The molecule has 0 spiro atoms. The van der Waals surface area contributed by atoms with Gasteiger partial charge in [0.15, 0.2) is 0 Å². The van der Waals surface area contributed by atoms with Crippen molar-refractivity contribution in [2.45, 2.75) is 19.3 Å². The van der Waals surface area contributed by atoms with Crippen LogP contribution in [0, 0.1) is 0 Å². The number of hydrogen-bond acceptors (Lipinski definition) is 4. The highest BCUT2D eigenvalue weighted by molar-refractivity contribution is 7.18. The van der Waals surface area contributed by atoms with E-state index in [1.807, 2.05) is 54.6 Å². The third-order valence-corrected chi connectivity index (χ3v) is 5.58. The summed E-state index contributed by atoms with van der Waals surface area (Å²) in [4.78, 5) is 16.8. The maximum atomic E-state index is 12.2. The van der Waals surface area contributed by atoms with Gasteiger partial charge < -0.3 is 10.4 Å². The predicted molar refractivity (Wildman–Crippen MR) is 114 cm³/mol. The summed E-state index contributed by atoms with van der Waals surface area (Å²) in [6.07, 6.45) is 1.61. The fourth-order valence-electron chi connectivity index (χ4n) is 3.07. The fourth-order valence-corrected chi connectivity index (χ4v) is 4.07. The zero-order valence-electron chi connectivity index (χ0n) is 15.3. The highest BCUT2D eigenvalue weighted by atomic mass is 32.1. The van der Waals surface area contributed by atoms with E-state index in [0.29, 0.717) is 12.8 Å². The van der Waals surface area contributed by atoms with Crippen LogP contribution in [-0.2, 0) is 17.6 Å². The molecule has 0 radical (unpaired) electrons. The summed E-state index contributed by atoms with van der Waals surface area (Å²) in [5, 5.41) is 13.8. The summed E-state index contributed by atoms with van der Waals surface area (Å²) in [5.41, 5.74) is 3.75. The van der Waals surface area contributed by atoms with Gasteiger partial charge in [-0.1, -0.05) is 42.5 Å². The van der Waals surface area contributed by atoms with Crippen molar-refractivity contribution in [2.75, 3.05) is 5.32 Å². The van der Waals surface area contributed by atoms with Crippen LogP contribution in [0.4, 0.5) is 5.69 Å². The summed E-state index contributed by atoms with van der Waals surface area (Å²) in [7, 11) is 0. The third kappa shape index (κ3) is 4.38. The molecule has 1 heterocycles. The molecule has 0 bridgehead atoms. The van der Waals surface area contributed by atoms with Gasteiger partial charge in [-0.3, -0.25) is 4.79 Å². The molecular formula is C23H20N2O2S. The second kappa shape index (κ2) is 8.23. The molecule has 0 aliphatic carbocycles. The fraction of sp³-hybridized carbons (Fsp3) is 0.130. The number of thiazole rings is 1. The first kappa shape index (κ1) is 18.2. The number of fused-ring (bicyclic) bond motifs is 1. The van der Waals surface area contributed by atoms with Crippen molar-refractivity contribution < 1.29 is 9.90 Å². The molecule has 1 amide bonds. The Bertz CT molecular complexity index is 1070. The molecule has 0 fully saturated rings. The van der Waals surface area contributed by atoms with E-state index >= 15 is 0 Å². The number of phenols is 1. The highest BCUT2D eigenvalue weighted by Gasteiger charge is 2.07. The van der Waals surface area contributed by atoms with Crippen LogP contribution in [0.2, 0.25) is 0 Å². The molecule has 2 N–H and O–H groups in total. The Morgan fingerprint density at radius 1 is 0.964 bits per heavy atom. The number of aromatic nitrogens is 1. The van der Waals surface area contributed by atoms with Gasteiger partial charge in [-0.2, -0.15) is 0 Å². The van der Waals surface area contributed by atoms with Gasteiger partial charge in [0, 0.05) is 18.5 Å². The van der Waals surface area contributed by atoms with Gasteiger partial charge in [0.1, 0.15) is 5.75 Å². The van der Waals surface area contributed by atoms with Crippen molar-refractivity contribution in [2.24, 2.45) is 0 Å². The molecule has 0 unspecified atom stereocenters. The molecule has 0 aliphatic rings. The van der Waals surface area contributed by atoms with Crippen molar-refractivity contribution in [1.29, 1.82) is 0 Å². The third-order valence-electron chi connectivity index (χ3n) is 4.54. The summed E-state index contributed by atoms with van der Waals surface area (Å²) in [6.45, 7) is 0. The van der Waals surface area contributed by atoms with E-state index in [1.165, 1.54) is 4.70 Å². The van der Waals surface area contributed by atoms with E-state index in [4.69, 9.17) is 0 Å². The largest absolute Gasteiger partial charge is 0.508 e. The van der Waals surface area contributed by atoms with E-state index in [-0.39, 0.29) is 11.7 Å². The van der Waals surface area contributed by atoms with E-state index < -0.39 is 0 Å². The van der Waals surface area contributed by atoms with Gasteiger partial charge in [0.2, 0.25) is 5.91 Å². The first-order valence-electron chi connectivity index (χ1n) is 9.17. The Balaban J connectivity index is 1.33. The minimum atomic E-state index is -0.0674. The van der Waals surface area contributed by atoms with Gasteiger partial charge in [-0.05, 0) is 47.9 Å². The van der Waals surface area contributed by atoms with Crippen LogP contribution in [0.1, 0.15) is 22.6 Å². The lowest BCUT2D eigenvalue weighted by Crippen LogP contribution is -2.12. The maximum absolute atomic E-state index is 12.2. The molecule has 0 atom stereocenters. The number of nitrogens with zero attached hydrogens (tertiary/aromatic N) is 1. The Hall–Kier alpha value is -3.18. The minimum absolute atomic E-state index is 0.0674. The quantitative estimate of drug-likeness (QED) is 0.479. The van der Waals surface area contributed by atoms with Gasteiger partial charge in [0.05, 0.1) is 15.2 Å². The molecule has 0 saturated carbocycles. The SMILES string of the molecule is O=C(CCc1ccccc1O)Nc1ccc(Cc2nc3ccccc3s2)cc1. The lowest BCUT2D eigenvalue weighted by molar-refractivity contribution is -0.116. The number of anilines is 1. The Morgan fingerprint density at radius 3 is 2.50 bits per heavy atom. The molecule has 28 heavy (non-hydrogen) atoms. The lowest BCUT2D eigenvalue weighted by atomic mass is 10.1. The molecular weight excluding hydrogens is 368 g/mol. The molecule has 1 aromatic heterocycles. The standard InChI is InChI=1S/C23H20N2O2S/c26-20-7-3-1-5-17(20)11-14-22(27)24-18-12-9-16(10-13-18)15-23-25-19-6-2-4-8-21(19)28-23/h1-10,12-13,26H,11,14-15H2,(H,24,27). The summed E-state index contributed by atoms with van der Waals surface area (Å²) in [6, 6.07) is 23.1. The number of benzene rings is 3. The second-order valence-corrected chi connectivity index (χ2v) is 7.74. The van der Waals surface area contributed by atoms with Crippen LogP contribution in [0.15, 0.2) is 72.8 Å². The van der Waals surface area contributed by atoms with E-state index in [2.05, 4.69) is 16.4 Å². The molecule has 5 heteroatoms. The number of carbonyl (C=O) groups excluding carboxylic acids is 1. The first-order chi connectivity index (χ1) is 13.7. The van der Waals surface area contributed by atoms with Crippen LogP contribution < -0.4 is 5.32 Å². The maximum Gasteiger partial charge on any atom is 0.224 e. The first-order valence-corrected chi connectivity index (χ1v) is 9.99. The Labute approximate surface area is 167 Å². The lowest BCUT2D eigenvalue weighted by Gasteiger charge is -2.07. The zero-order valence-corrected chi connectivity index (χ0v) is 16.1. The number of hydrogen-bond donors (Lipinski definition) is 2.